The van der Waals surface area contributed by atoms with Crippen LogP contribution in [0.4, 0.5) is 4.79 Å². The fraction of sp³-hybridized carbons (Fsp3) is 0.423. The number of carboxylic acid groups (broad SMARTS) is 1. The molecule has 0 heterocycles. The third-order valence-electron chi connectivity index (χ3n) is 6.02. The van der Waals surface area contributed by atoms with Gasteiger partial charge in [-0.2, -0.15) is 0 Å². The molecule has 0 spiro atoms. The number of aliphatic carboxylic acids is 1. The largest absolute Gasteiger partial charge is 0.481 e. The van der Waals surface area contributed by atoms with Crippen LogP contribution in [0, 0.1) is 5.41 Å². The molecule has 0 unspecified atom stereocenters. The van der Waals surface area contributed by atoms with Crippen LogP contribution in [0.1, 0.15) is 57.6 Å². The van der Waals surface area contributed by atoms with Gasteiger partial charge in [-0.15, -0.1) is 0 Å². The molecular formula is C26H32N2O5. The van der Waals surface area contributed by atoms with Crippen molar-refractivity contribution in [2.75, 3.05) is 13.2 Å². The minimum atomic E-state index is -0.977. The maximum atomic E-state index is 12.6. The van der Waals surface area contributed by atoms with Crippen LogP contribution in [0.15, 0.2) is 48.5 Å². The van der Waals surface area contributed by atoms with E-state index in [1.165, 1.54) is 11.1 Å². The molecule has 3 N–H and O–H groups in total. The predicted molar refractivity (Wildman–Crippen MR) is 126 cm³/mol. The van der Waals surface area contributed by atoms with Crippen molar-refractivity contribution >= 4 is 18.0 Å². The van der Waals surface area contributed by atoms with Gasteiger partial charge in [-0.1, -0.05) is 62.4 Å². The minimum Gasteiger partial charge on any atom is -0.481 e. The van der Waals surface area contributed by atoms with Gasteiger partial charge in [-0.25, -0.2) is 4.79 Å². The molecule has 176 valence electrons. The molecule has 0 bridgehead atoms. The average molecular weight is 453 g/mol. The van der Waals surface area contributed by atoms with Crippen molar-refractivity contribution in [2.24, 2.45) is 5.41 Å². The number of benzene rings is 2. The van der Waals surface area contributed by atoms with Crippen LogP contribution in [-0.4, -0.2) is 41.8 Å². The number of carboxylic acids is 1. The zero-order valence-corrected chi connectivity index (χ0v) is 19.6. The highest BCUT2D eigenvalue weighted by Crippen LogP contribution is 2.44. The van der Waals surface area contributed by atoms with Crippen LogP contribution in [-0.2, 0) is 14.3 Å². The molecule has 7 nitrogen and oxygen atoms in total. The van der Waals surface area contributed by atoms with E-state index in [4.69, 9.17) is 9.84 Å². The molecule has 0 fully saturated rings. The Morgan fingerprint density at radius 3 is 2.03 bits per heavy atom. The van der Waals surface area contributed by atoms with Crippen molar-refractivity contribution < 1.29 is 24.2 Å². The molecule has 1 aliphatic carbocycles. The first-order valence-electron chi connectivity index (χ1n) is 11.1. The topological polar surface area (TPSA) is 105 Å². The van der Waals surface area contributed by atoms with E-state index in [2.05, 4.69) is 34.9 Å². The smallest absolute Gasteiger partial charge is 0.407 e. The van der Waals surface area contributed by atoms with E-state index in [1.807, 2.05) is 24.3 Å². The maximum absolute atomic E-state index is 12.6. The molecule has 0 atom stereocenters. The van der Waals surface area contributed by atoms with Crippen molar-refractivity contribution in [3.63, 3.8) is 0 Å². The number of fused-ring (bicyclic) bond motifs is 3. The van der Waals surface area contributed by atoms with Gasteiger partial charge in [0.1, 0.15) is 6.61 Å². The number of amides is 2. The van der Waals surface area contributed by atoms with Crippen molar-refractivity contribution in [1.29, 1.82) is 0 Å². The highest BCUT2D eigenvalue weighted by molar-refractivity contribution is 5.83. The standard InChI is InChI=1S/C26H32N2O5/c1-25(2,23(31)28-26(3,4)15-22(29)30)13-14-27-24(32)33-16-21-19-11-7-5-9-17(19)18-10-6-8-12-20(18)21/h5-12,21H,13-16H2,1-4H3,(H,27,32)(H,28,31)(H,29,30). The summed E-state index contributed by atoms with van der Waals surface area (Å²) in [7, 11) is 0. The zero-order chi connectivity index (χ0) is 24.2. The van der Waals surface area contributed by atoms with Crippen molar-refractivity contribution in [3.05, 3.63) is 59.7 Å². The summed E-state index contributed by atoms with van der Waals surface area (Å²) in [6, 6.07) is 16.3. The third-order valence-corrected chi connectivity index (χ3v) is 6.02. The molecular weight excluding hydrogens is 420 g/mol. The SMILES string of the molecule is CC(C)(CC(=O)O)NC(=O)C(C)(C)CCNC(=O)OCC1c2ccccc2-c2ccccc21. The molecule has 2 aromatic rings. The van der Waals surface area contributed by atoms with Gasteiger partial charge in [0.25, 0.3) is 0 Å². The highest BCUT2D eigenvalue weighted by Gasteiger charge is 2.33. The number of alkyl carbamates (subject to hydrolysis) is 1. The summed E-state index contributed by atoms with van der Waals surface area (Å²) in [5.41, 5.74) is 2.98. The van der Waals surface area contributed by atoms with E-state index in [9.17, 15) is 14.4 Å². The molecule has 0 saturated carbocycles. The number of hydrogen-bond donors (Lipinski definition) is 3. The number of carbonyl (C=O) groups excluding carboxylic acids is 2. The van der Waals surface area contributed by atoms with Crippen molar-refractivity contribution in [3.8, 4) is 11.1 Å². The number of nitrogens with one attached hydrogen (secondary N) is 2. The Kier molecular flexibility index (Phi) is 7.10. The summed E-state index contributed by atoms with van der Waals surface area (Å²) in [4.78, 5) is 35.9. The van der Waals surface area contributed by atoms with Crippen molar-refractivity contribution in [2.45, 2.75) is 52.0 Å². The van der Waals surface area contributed by atoms with Gasteiger partial charge in [-0.3, -0.25) is 9.59 Å². The highest BCUT2D eigenvalue weighted by atomic mass is 16.5. The van der Waals surface area contributed by atoms with Gasteiger partial charge in [0.05, 0.1) is 6.42 Å². The number of rotatable bonds is 9. The first-order chi connectivity index (χ1) is 15.5. The van der Waals surface area contributed by atoms with Gasteiger partial charge >= 0.3 is 12.1 Å². The lowest BCUT2D eigenvalue weighted by molar-refractivity contribution is -0.139. The summed E-state index contributed by atoms with van der Waals surface area (Å²) < 4.78 is 5.52. The lowest BCUT2D eigenvalue weighted by atomic mass is 9.86. The molecule has 0 saturated heterocycles. The van der Waals surface area contributed by atoms with Crippen LogP contribution in [0.25, 0.3) is 11.1 Å². The van der Waals surface area contributed by atoms with Gasteiger partial charge in [0, 0.05) is 23.4 Å². The maximum Gasteiger partial charge on any atom is 0.407 e. The second-order valence-electron chi connectivity index (χ2n) is 9.79. The summed E-state index contributed by atoms with van der Waals surface area (Å²) in [6.45, 7) is 7.36. The van der Waals surface area contributed by atoms with Gasteiger partial charge in [-0.05, 0) is 42.5 Å². The van der Waals surface area contributed by atoms with E-state index in [0.29, 0.717) is 6.42 Å². The average Bonchev–Trinajstić information content (AvgIpc) is 3.04. The Hall–Kier alpha value is -3.35. The van der Waals surface area contributed by atoms with Crippen molar-refractivity contribution in [1.82, 2.24) is 10.6 Å². The van der Waals surface area contributed by atoms with Crippen LogP contribution in [0.3, 0.4) is 0 Å². The number of carbonyl (C=O) groups is 3. The summed E-state index contributed by atoms with van der Waals surface area (Å²) in [5.74, 6) is -1.25. The molecule has 7 heteroatoms. The van der Waals surface area contributed by atoms with E-state index < -0.39 is 23.0 Å². The molecule has 2 aromatic carbocycles. The third kappa shape index (κ3) is 5.92. The molecule has 0 aromatic heterocycles. The first-order valence-corrected chi connectivity index (χ1v) is 11.1. The fourth-order valence-corrected chi connectivity index (χ4v) is 4.14. The lowest BCUT2D eigenvalue weighted by Crippen LogP contribution is -2.50. The summed E-state index contributed by atoms with van der Waals surface area (Å²) in [6.07, 6.45) is -0.321. The number of ether oxygens (including phenoxy) is 1. The molecule has 33 heavy (non-hydrogen) atoms. The first kappa shape index (κ1) is 24.3. The second kappa shape index (κ2) is 9.65. The molecule has 1 aliphatic rings. The van der Waals surface area contributed by atoms with Gasteiger partial charge < -0.3 is 20.5 Å². The Balaban J connectivity index is 1.50. The monoisotopic (exact) mass is 452 g/mol. The van der Waals surface area contributed by atoms with Crippen LogP contribution in [0.5, 0.6) is 0 Å². The predicted octanol–water partition coefficient (Wildman–Crippen LogP) is 4.31. The number of hydrogen-bond acceptors (Lipinski definition) is 4. The Labute approximate surface area is 194 Å². The van der Waals surface area contributed by atoms with Gasteiger partial charge in [0.2, 0.25) is 5.91 Å². The molecule has 2 amide bonds. The van der Waals surface area contributed by atoms with Crippen LogP contribution >= 0.6 is 0 Å². The fourth-order valence-electron chi connectivity index (χ4n) is 4.14. The zero-order valence-electron chi connectivity index (χ0n) is 19.6. The lowest BCUT2D eigenvalue weighted by Gasteiger charge is -2.31. The molecule has 0 radical (unpaired) electrons. The second-order valence-corrected chi connectivity index (χ2v) is 9.79. The van der Waals surface area contributed by atoms with E-state index in [0.717, 1.165) is 11.1 Å². The summed E-state index contributed by atoms with van der Waals surface area (Å²) in [5, 5.41) is 14.5. The quantitative estimate of drug-likeness (QED) is 0.526. The summed E-state index contributed by atoms with van der Waals surface area (Å²) >= 11 is 0. The van der Waals surface area contributed by atoms with Gasteiger partial charge in [0.15, 0.2) is 0 Å². The van der Waals surface area contributed by atoms with E-state index >= 15 is 0 Å². The van der Waals surface area contributed by atoms with Crippen LogP contribution < -0.4 is 10.6 Å². The Morgan fingerprint density at radius 1 is 0.939 bits per heavy atom. The minimum absolute atomic E-state index is 0.0122. The molecule has 0 aliphatic heterocycles. The van der Waals surface area contributed by atoms with E-state index in [1.54, 1.807) is 27.7 Å². The normalized spacial score (nSPS) is 13.1. The Morgan fingerprint density at radius 2 is 1.48 bits per heavy atom. The van der Waals surface area contributed by atoms with E-state index in [-0.39, 0.29) is 31.4 Å². The van der Waals surface area contributed by atoms with Crippen LogP contribution in [0.2, 0.25) is 0 Å². The molecule has 3 rings (SSSR count). The Bertz CT molecular complexity index is 999.